The molecule has 8 nitrogen and oxygen atoms in total. The fraction of sp³-hybridized carbons (Fsp3) is 0.500. The number of hydrogen-bond acceptors (Lipinski definition) is 6. The topological polar surface area (TPSA) is 97.2 Å². The van der Waals surface area contributed by atoms with Crippen LogP contribution in [0, 0.1) is 0 Å². The van der Waals surface area contributed by atoms with E-state index in [0.717, 1.165) is 37.8 Å². The molecule has 0 radical (unpaired) electrons. The summed E-state index contributed by atoms with van der Waals surface area (Å²) < 4.78 is 26.9. The molecule has 0 spiro atoms. The second-order valence-corrected chi connectivity index (χ2v) is 9.59. The van der Waals surface area contributed by atoms with E-state index < -0.39 is 10.0 Å². The number of nitrogens with zero attached hydrogens (tertiary/aromatic N) is 4. The van der Waals surface area contributed by atoms with Crippen LogP contribution in [0.4, 0.5) is 5.69 Å². The van der Waals surface area contributed by atoms with Crippen molar-refractivity contribution in [1.29, 1.82) is 0 Å². The summed E-state index contributed by atoms with van der Waals surface area (Å²) in [4.78, 5) is 14.4. The van der Waals surface area contributed by atoms with E-state index in [1.54, 1.807) is 24.3 Å². The first kappa shape index (κ1) is 20.7. The zero-order chi connectivity index (χ0) is 20.1. The Bertz CT molecular complexity index is 917. The fourth-order valence-corrected chi connectivity index (χ4v) is 4.51. The van der Waals surface area contributed by atoms with Gasteiger partial charge < -0.3 is 9.47 Å². The monoisotopic (exact) mass is 423 g/mol. The summed E-state index contributed by atoms with van der Waals surface area (Å²) in [6, 6.07) is 6.93. The average molecular weight is 424 g/mol. The molecule has 0 bridgehead atoms. The number of likely N-dealkylation sites (tertiary alicyclic amines) is 1. The number of benzene rings is 1. The lowest BCUT2D eigenvalue weighted by Crippen LogP contribution is -2.33. The maximum Gasteiger partial charge on any atom is 0.233 e. The van der Waals surface area contributed by atoms with Crippen molar-refractivity contribution in [1.82, 2.24) is 19.7 Å². The van der Waals surface area contributed by atoms with Crippen LogP contribution in [0.1, 0.15) is 25.7 Å². The van der Waals surface area contributed by atoms with E-state index in [1.165, 1.54) is 24.6 Å². The summed E-state index contributed by atoms with van der Waals surface area (Å²) in [5.74, 6) is 1.16. The maximum absolute atomic E-state index is 12.5. The van der Waals surface area contributed by atoms with Gasteiger partial charge in [0.2, 0.25) is 15.9 Å². The molecule has 28 heavy (non-hydrogen) atoms. The Kier molecular flexibility index (Phi) is 6.61. The summed E-state index contributed by atoms with van der Waals surface area (Å²) in [7, 11) is -1.45. The molecular weight excluding hydrogens is 398 g/mol. The van der Waals surface area contributed by atoms with Crippen molar-refractivity contribution < 1.29 is 13.2 Å². The van der Waals surface area contributed by atoms with Crippen molar-refractivity contribution in [2.45, 2.75) is 30.8 Å². The van der Waals surface area contributed by atoms with Gasteiger partial charge in [-0.3, -0.25) is 9.52 Å². The van der Waals surface area contributed by atoms with Crippen LogP contribution in [0.25, 0.3) is 11.4 Å². The van der Waals surface area contributed by atoms with E-state index in [0.29, 0.717) is 22.4 Å². The lowest BCUT2D eigenvalue weighted by molar-refractivity contribution is -0.128. The van der Waals surface area contributed by atoms with E-state index in [9.17, 15) is 13.2 Å². The highest BCUT2D eigenvalue weighted by molar-refractivity contribution is 7.99. The van der Waals surface area contributed by atoms with Crippen LogP contribution in [0.2, 0.25) is 0 Å². The molecule has 3 rings (SSSR count). The molecule has 0 atom stereocenters. The minimum Gasteiger partial charge on any atom is -0.342 e. The highest BCUT2D eigenvalue weighted by Gasteiger charge is 2.18. The third-order valence-corrected chi connectivity index (χ3v) is 6.18. The van der Waals surface area contributed by atoms with Gasteiger partial charge in [0.15, 0.2) is 11.0 Å². The van der Waals surface area contributed by atoms with Crippen LogP contribution in [-0.4, -0.2) is 59.1 Å². The first-order chi connectivity index (χ1) is 13.3. The molecule has 152 valence electrons. The number of amides is 1. The number of anilines is 1. The van der Waals surface area contributed by atoms with Crippen molar-refractivity contribution >= 4 is 33.4 Å². The van der Waals surface area contributed by atoms with Crippen molar-refractivity contribution in [2.75, 3.05) is 29.8 Å². The third kappa shape index (κ3) is 5.48. The van der Waals surface area contributed by atoms with E-state index in [1.807, 2.05) is 16.5 Å². The van der Waals surface area contributed by atoms with Gasteiger partial charge in [0, 0.05) is 31.4 Å². The Balaban J connectivity index is 1.64. The summed E-state index contributed by atoms with van der Waals surface area (Å²) in [5.41, 5.74) is 1.31. The molecule has 2 aromatic rings. The average Bonchev–Trinajstić information content (AvgIpc) is 2.84. The number of carbonyl (C=O) groups excluding carboxylic acids is 1. The lowest BCUT2D eigenvalue weighted by Gasteiger charge is -2.19. The van der Waals surface area contributed by atoms with Crippen molar-refractivity contribution in [3.8, 4) is 11.4 Å². The Labute approximate surface area is 169 Å². The van der Waals surface area contributed by atoms with Crippen molar-refractivity contribution in [3.05, 3.63) is 24.3 Å². The normalized spacial score (nSPS) is 15.3. The third-order valence-electron chi connectivity index (χ3n) is 4.56. The van der Waals surface area contributed by atoms with Gasteiger partial charge in [0.25, 0.3) is 0 Å². The van der Waals surface area contributed by atoms with Crippen LogP contribution in [0.15, 0.2) is 29.4 Å². The zero-order valence-electron chi connectivity index (χ0n) is 16.1. The quantitative estimate of drug-likeness (QED) is 0.717. The molecule has 0 saturated carbocycles. The highest BCUT2D eigenvalue weighted by Crippen LogP contribution is 2.24. The smallest absolute Gasteiger partial charge is 0.233 e. The first-order valence-corrected chi connectivity index (χ1v) is 12.1. The number of hydrogen-bond donors (Lipinski definition) is 1. The van der Waals surface area contributed by atoms with Crippen LogP contribution in [0.5, 0.6) is 0 Å². The molecule has 1 fully saturated rings. The molecule has 1 amide bonds. The summed E-state index contributed by atoms with van der Waals surface area (Å²) >= 11 is 1.39. The Morgan fingerprint density at radius 3 is 2.36 bits per heavy atom. The molecule has 1 aromatic heterocycles. The molecule has 0 aliphatic carbocycles. The minimum atomic E-state index is -3.31. The minimum absolute atomic E-state index is 0.146. The fourth-order valence-electron chi connectivity index (χ4n) is 3.13. The van der Waals surface area contributed by atoms with E-state index in [-0.39, 0.29) is 5.91 Å². The lowest BCUT2D eigenvalue weighted by atomic mass is 10.2. The summed E-state index contributed by atoms with van der Waals surface area (Å²) in [6.07, 6.45) is 5.66. The second-order valence-electron chi connectivity index (χ2n) is 6.90. The molecule has 1 aromatic carbocycles. The molecule has 10 heteroatoms. The molecule has 1 N–H and O–H groups in total. The van der Waals surface area contributed by atoms with Gasteiger partial charge in [-0.25, -0.2) is 8.42 Å². The largest absolute Gasteiger partial charge is 0.342 e. The highest BCUT2D eigenvalue weighted by atomic mass is 32.2. The molecule has 2 heterocycles. The summed E-state index contributed by atoms with van der Waals surface area (Å²) in [6.45, 7) is 1.69. The van der Waals surface area contributed by atoms with Gasteiger partial charge in [-0.15, -0.1) is 10.2 Å². The van der Waals surface area contributed by atoms with E-state index in [4.69, 9.17) is 0 Å². The van der Waals surface area contributed by atoms with Gasteiger partial charge in [-0.1, -0.05) is 24.6 Å². The SMILES string of the molecule is Cn1c(SCC(=O)N2CCCCCC2)nnc1-c1ccc(NS(C)(=O)=O)cc1. The van der Waals surface area contributed by atoms with Crippen LogP contribution < -0.4 is 4.72 Å². The van der Waals surface area contributed by atoms with Crippen LogP contribution in [-0.2, 0) is 21.9 Å². The molecule has 1 aliphatic heterocycles. The van der Waals surface area contributed by atoms with E-state index >= 15 is 0 Å². The zero-order valence-corrected chi connectivity index (χ0v) is 17.7. The predicted octanol–water partition coefficient (Wildman–Crippen LogP) is 2.35. The number of carbonyl (C=O) groups is 1. The Morgan fingerprint density at radius 2 is 1.75 bits per heavy atom. The van der Waals surface area contributed by atoms with Crippen molar-refractivity contribution in [3.63, 3.8) is 0 Å². The van der Waals surface area contributed by atoms with Gasteiger partial charge in [-0.2, -0.15) is 0 Å². The molecule has 0 unspecified atom stereocenters. The summed E-state index contributed by atoms with van der Waals surface area (Å²) in [5, 5.41) is 9.10. The predicted molar refractivity (Wildman–Crippen MR) is 111 cm³/mol. The first-order valence-electron chi connectivity index (χ1n) is 9.22. The number of aromatic nitrogens is 3. The van der Waals surface area contributed by atoms with E-state index in [2.05, 4.69) is 14.9 Å². The van der Waals surface area contributed by atoms with Gasteiger partial charge in [0.1, 0.15) is 0 Å². The Hall–Kier alpha value is -2.07. The molecule has 1 aliphatic rings. The molecule has 1 saturated heterocycles. The number of sulfonamides is 1. The van der Waals surface area contributed by atoms with Crippen LogP contribution in [0.3, 0.4) is 0 Å². The second kappa shape index (κ2) is 8.95. The number of nitrogens with one attached hydrogen (secondary N) is 1. The Morgan fingerprint density at radius 1 is 1.11 bits per heavy atom. The number of thioether (sulfide) groups is 1. The number of rotatable bonds is 6. The van der Waals surface area contributed by atoms with Crippen molar-refractivity contribution in [2.24, 2.45) is 7.05 Å². The van der Waals surface area contributed by atoms with Gasteiger partial charge in [-0.05, 0) is 37.1 Å². The van der Waals surface area contributed by atoms with Gasteiger partial charge >= 0.3 is 0 Å². The maximum atomic E-state index is 12.5. The van der Waals surface area contributed by atoms with Crippen LogP contribution >= 0.6 is 11.8 Å². The molecular formula is C18H25N5O3S2. The standard InChI is InChI=1S/C18H25N5O3S2/c1-22-17(14-7-9-15(10-8-14)21-28(2,25)26)19-20-18(22)27-13-16(24)23-11-5-3-4-6-12-23/h7-10,21H,3-6,11-13H2,1-2H3. The van der Waals surface area contributed by atoms with Gasteiger partial charge in [0.05, 0.1) is 12.0 Å².